The van der Waals surface area contributed by atoms with Crippen LogP contribution in [0, 0.1) is 20.8 Å². The number of anilines is 1. The Hall–Kier alpha value is -2.86. The Morgan fingerprint density at radius 3 is 2.38 bits per heavy atom. The molecule has 4 heterocycles. The van der Waals surface area contributed by atoms with E-state index in [0.29, 0.717) is 0 Å². The smallest absolute Gasteiger partial charge is 0.256 e. The molecule has 6 heteroatoms. The van der Waals surface area contributed by atoms with Crippen LogP contribution >= 0.6 is 0 Å². The maximum absolute atomic E-state index is 13.5. The van der Waals surface area contributed by atoms with Crippen LogP contribution in [-0.4, -0.2) is 64.4 Å². The highest BCUT2D eigenvalue weighted by atomic mass is 16.2. The first-order valence-electron chi connectivity index (χ1n) is 11.8. The predicted molar refractivity (Wildman–Crippen MR) is 128 cm³/mol. The van der Waals surface area contributed by atoms with E-state index in [1.54, 1.807) is 0 Å². The Balaban J connectivity index is 1.28. The molecule has 2 saturated heterocycles. The van der Waals surface area contributed by atoms with Gasteiger partial charge in [0.2, 0.25) is 0 Å². The van der Waals surface area contributed by atoms with Crippen molar-refractivity contribution in [3.63, 3.8) is 0 Å². The summed E-state index contributed by atoms with van der Waals surface area (Å²) in [5.74, 6) is 0.178. The van der Waals surface area contributed by atoms with E-state index in [1.165, 1.54) is 24.1 Å². The fourth-order valence-corrected chi connectivity index (χ4v) is 5.05. The van der Waals surface area contributed by atoms with Crippen molar-refractivity contribution in [2.75, 3.05) is 44.2 Å². The molecular formula is C26H33N5O. The highest BCUT2D eigenvalue weighted by molar-refractivity contribution is 6.00. The number of rotatable bonds is 4. The number of aryl methyl sites for hydroxylation is 3. The molecule has 6 nitrogen and oxygen atoms in total. The Labute approximate surface area is 190 Å². The van der Waals surface area contributed by atoms with E-state index in [0.717, 1.165) is 74.0 Å². The zero-order valence-corrected chi connectivity index (χ0v) is 19.5. The quantitative estimate of drug-likeness (QED) is 0.630. The number of carbonyl (C=O) groups excluding carboxylic acids is 1. The number of piperazine rings is 1. The Kier molecular flexibility index (Phi) is 5.64. The Morgan fingerprint density at radius 2 is 1.62 bits per heavy atom. The van der Waals surface area contributed by atoms with Gasteiger partial charge in [0.05, 0.1) is 17.0 Å². The van der Waals surface area contributed by atoms with Crippen molar-refractivity contribution in [1.82, 2.24) is 19.2 Å². The van der Waals surface area contributed by atoms with E-state index >= 15 is 0 Å². The Bertz CT molecular complexity index is 1140. The topological polar surface area (TPSA) is 44.1 Å². The molecule has 1 amide bonds. The van der Waals surface area contributed by atoms with E-state index in [1.807, 2.05) is 4.90 Å². The molecule has 32 heavy (non-hydrogen) atoms. The standard InChI is InChI=1S/C26H33N5O/c1-19-6-7-23(29-9-4-5-10-29)22(16-19)26(32)30-14-12-28(13-15-30)18-24-21(3)27-25-17-20(2)8-11-31(24)25/h6-8,11,16-17H,4-5,9-10,12-15,18H2,1-3H3. The van der Waals surface area contributed by atoms with Gasteiger partial charge < -0.3 is 14.2 Å². The number of aromatic nitrogens is 2. The molecule has 2 aromatic heterocycles. The number of carbonyl (C=O) groups is 1. The molecule has 0 unspecified atom stereocenters. The molecule has 5 rings (SSSR count). The average molecular weight is 432 g/mol. The second kappa shape index (κ2) is 8.58. The highest BCUT2D eigenvalue weighted by Crippen LogP contribution is 2.27. The summed E-state index contributed by atoms with van der Waals surface area (Å²) in [6.07, 6.45) is 4.54. The number of hydrogen-bond acceptors (Lipinski definition) is 4. The lowest BCUT2D eigenvalue weighted by atomic mass is 10.1. The summed E-state index contributed by atoms with van der Waals surface area (Å²) in [5, 5.41) is 0. The lowest BCUT2D eigenvalue weighted by molar-refractivity contribution is 0.0627. The fourth-order valence-electron chi connectivity index (χ4n) is 5.05. The Morgan fingerprint density at radius 1 is 0.906 bits per heavy atom. The molecule has 0 atom stereocenters. The van der Waals surface area contributed by atoms with Crippen LogP contribution in [-0.2, 0) is 6.54 Å². The van der Waals surface area contributed by atoms with Crippen molar-refractivity contribution in [3.05, 3.63) is 64.6 Å². The number of nitrogens with zero attached hydrogens (tertiary/aromatic N) is 5. The first-order chi connectivity index (χ1) is 15.5. The molecule has 0 bridgehead atoms. The van der Waals surface area contributed by atoms with Gasteiger partial charge in [-0.1, -0.05) is 11.6 Å². The predicted octanol–water partition coefficient (Wildman–Crippen LogP) is 3.82. The van der Waals surface area contributed by atoms with Crippen LogP contribution < -0.4 is 4.90 Å². The van der Waals surface area contributed by atoms with Crippen LogP contribution in [0.15, 0.2) is 36.5 Å². The molecule has 168 valence electrons. The van der Waals surface area contributed by atoms with Gasteiger partial charge in [0.1, 0.15) is 5.65 Å². The molecule has 2 aliphatic rings. The van der Waals surface area contributed by atoms with Gasteiger partial charge in [-0.25, -0.2) is 4.98 Å². The summed E-state index contributed by atoms with van der Waals surface area (Å²) in [4.78, 5) is 25.1. The van der Waals surface area contributed by atoms with Gasteiger partial charge in [0.15, 0.2) is 0 Å². The van der Waals surface area contributed by atoms with Crippen LogP contribution in [0.5, 0.6) is 0 Å². The second-order valence-corrected chi connectivity index (χ2v) is 9.36. The zero-order valence-electron chi connectivity index (χ0n) is 19.5. The summed E-state index contributed by atoms with van der Waals surface area (Å²) in [5.41, 5.74) is 7.70. The molecule has 2 fully saturated rings. The SMILES string of the molecule is Cc1ccc(N2CCCC2)c(C(=O)N2CCN(Cc3c(C)nc4cc(C)ccn34)CC2)c1. The van der Waals surface area contributed by atoms with Crippen LogP contribution in [0.25, 0.3) is 5.65 Å². The normalized spacial score (nSPS) is 17.5. The van der Waals surface area contributed by atoms with Gasteiger partial charge in [-0.2, -0.15) is 0 Å². The minimum Gasteiger partial charge on any atom is -0.371 e. The van der Waals surface area contributed by atoms with E-state index in [2.05, 4.69) is 71.5 Å². The van der Waals surface area contributed by atoms with E-state index < -0.39 is 0 Å². The lowest BCUT2D eigenvalue weighted by Gasteiger charge is -2.35. The van der Waals surface area contributed by atoms with Crippen molar-refractivity contribution < 1.29 is 4.79 Å². The number of hydrogen-bond donors (Lipinski definition) is 0. The number of benzene rings is 1. The van der Waals surface area contributed by atoms with Crippen LogP contribution in [0.1, 0.15) is 45.7 Å². The minimum atomic E-state index is 0.178. The van der Waals surface area contributed by atoms with Crippen LogP contribution in [0.4, 0.5) is 5.69 Å². The monoisotopic (exact) mass is 431 g/mol. The zero-order chi connectivity index (χ0) is 22.2. The maximum Gasteiger partial charge on any atom is 0.256 e. The molecule has 0 radical (unpaired) electrons. The summed E-state index contributed by atoms with van der Waals surface area (Å²) < 4.78 is 2.20. The minimum absolute atomic E-state index is 0.178. The third-order valence-corrected chi connectivity index (χ3v) is 6.94. The number of imidazole rings is 1. The van der Waals surface area contributed by atoms with Crippen molar-refractivity contribution in [3.8, 4) is 0 Å². The molecule has 1 aromatic carbocycles. The van der Waals surface area contributed by atoms with Gasteiger partial charge in [0, 0.05) is 57.7 Å². The number of pyridine rings is 1. The molecule has 0 N–H and O–H groups in total. The van der Waals surface area contributed by atoms with E-state index in [9.17, 15) is 4.79 Å². The van der Waals surface area contributed by atoms with Crippen LogP contribution in [0.2, 0.25) is 0 Å². The maximum atomic E-state index is 13.5. The largest absolute Gasteiger partial charge is 0.371 e. The van der Waals surface area contributed by atoms with Crippen molar-refractivity contribution >= 4 is 17.2 Å². The second-order valence-electron chi connectivity index (χ2n) is 9.36. The van der Waals surface area contributed by atoms with Gasteiger partial charge >= 0.3 is 0 Å². The lowest BCUT2D eigenvalue weighted by Crippen LogP contribution is -2.48. The molecule has 3 aromatic rings. The summed E-state index contributed by atoms with van der Waals surface area (Å²) in [6, 6.07) is 10.6. The van der Waals surface area contributed by atoms with Crippen molar-refractivity contribution in [1.29, 1.82) is 0 Å². The number of fused-ring (bicyclic) bond motifs is 1. The van der Waals surface area contributed by atoms with E-state index in [-0.39, 0.29) is 5.91 Å². The van der Waals surface area contributed by atoms with Gasteiger partial charge in [-0.05, 0) is 63.4 Å². The number of amides is 1. The van der Waals surface area contributed by atoms with Gasteiger partial charge in [0.25, 0.3) is 5.91 Å². The van der Waals surface area contributed by atoms with Gasteiger partial charge in [-0.3, -0.25) is 9.69 Å². The molecule has 0 aliphatic carbocycles. The van der Waals surface area contributed by atoms with Crippen molar-refractivity contribution in [2.45, 2.75) is 40.2 Å². The highest BCUT2D eigenvalue weighted by Gasteiger charge is 2.27. The molecule has 2 aliphatic heterocycles. The van der Waals surface area contributed by atoms with Crippen molar-refractivity contribution in [2.24, 2.45) is 0 Å². The average Bonchev–Trinajstić information content (AvgIpc) is 3.42. The van der Waals surface area contributed by atoms with Gasteiger partial charge in [-0.15, -0.1) is 0 Å². The molecule has 0 saturated carbocycles. The molecule has 0 spiro atoms. The summed E-state index contributed by atoms with van der Waals surface area (Å²) >= 11 is 0. The third kappa shape index (κ3) is 3.99. The third-order valence-electron chi connectivity index (χ3n) is 6.94. The fraction of sp³-hybridized carbons (Fsp3) is 0.462. The van der Waals surface area contributed by atoms with Crippen LogP contribution in [0.3, 0.4) is 0 Å². The first kappa shape index (κ1) is 21.0. The summed E-state index contributed by atoms with van der Waals surface area (Å²) in [7, 11) is 0. The summed E-state index contributed by atoms with van der Waals surface area (Å²) in [6.45, 7) is 12.5. The van der Waals surface area contributed by atoms with E-state index in [4.69, 9.17) is 4.98 Å². The first-order valence-corrected chi connectivity index (χ1v) is 11.8. The molecular weight excluding hydrogens is 398 g/mol.